The van der Waals surface area contributed by atoms with E-state index in [1.165, 1.54) is 18.5 Å². The second-order valence-electron chi connectivity index (χ2n) is 6.72. The highest BCUT2D eigenvalue weighted by Gasteiger charge is 2.16. The minimum absolute atomic E-state index is 0.414. The number of amidine groups is 1. The van der Waals surface area contributed by atoms with Crippen molar-refractivity contribution in [2.24, 2.45) is 16.6 Å². The van der Waals surface area contributed by atoms with Crippen LogP contribution in [0.1, 0.15) is 25.3 Å². The summed E-state index contributed by atoms with van der Waals surface area (Å²) >= 11 is 12.3. The predicted octanol–water partition coefficient (Wildman–Crippen LogP) is 5.93. The molecule has 2 N–H and O–H groups in total. The van der Waals surface area contributed by atoms with E-state index in [9.17, 15) is 0 Å². The summed E-state index contributed by atoms with van der Waals surface area (Å²) in [5.41, 5.74) is 8.85. The fourth-order valence-electron chi connectivity index (χ4n) is 2.99. The summed E-state index contributed by atoms with van der Waals surface area (Å²) in [6.07, 6.45) is 6.12. The van der Waals surface area contributed by atoms with Gasteiger partial charge in [-0.05, 0) is 72.9 Å². The van der Waals surface area contributed by atoms with Gasteiger partial charge in [-0.15, -0.1) is 0 Å². The van der Waals surface area contributed by atoms with Crippen LogP contribution < -0.4 is 10.6 Å². The largest absolute Gasteiger partial charge is 0.384 e. The second kappa shape index (κ2) is 8.61. The van der Waals surface area contributed by atoms with Crippen molar-refractivity contribution in [3.8, 4) is 0 Å². The maximum Gasteiger partial charge on any atom is 0.124 e. The van der Waals surface area contributed by atoms with Crippen LogP contribution in [0.15, 0.2) is 53.5 Å². The quantitative estimate of drug-likeness (QED) is 0.521. The first kappa shape index (κ1) is 18.8. The van der Waals surface area contributed by atoms with Crippen LogP contribution in [-0.2, 0) is 0 Å². The fraction of sp³-hybridized carbons (Fsp3) is 0.286. The van der Waals surface area contributed by atoms with Gasteiger partial charge in [-0.1, -0.05) is 36.2 Å². The molecule has 0 atom stereocenters. The van der Waals surface area contributed by atoms with Gasteiger partial charge in [0.1, 0.15) is 5.84 Å². The molecule has 2 aromatic carbocycles. The summed E-state index contributed by atoms with van der Waals surface area (Å²) in [6, 6.07) is 13.4. The molecule has 1 saturated heterocycles. The number of rotatable bonds is 4. The van der Waals surface area contributed by atoms with E-state index in [0.29, 0.717) is 10.9 Å². The van der Waals surface area contributed by atoms with E-state index in [0.717, 1.165) is 35.3 Å². The Bertz CT molecular complexity index is 805. The van der Waals surface area contributed by atoms with Gasteiger partial charge in [-0.25, -0.2) is 4.99 Å². The summed E-state index contributed by atoms with van der Waals surface area (Å²) in [7, 11) is 0. The first-order valence-corrected chi connectivity index (χ1v) is 9.59. The van der Waals surface area contributed by atoms with E-state index < -0.39 is 0 Å². The molecule has 3 rings (SSSR count). The molecule has 3 nitrogen and oxygen atoms in total. The molecule has 2 aromatic rings. The Labute approximate surface area is 165 Å². The third kappa shape index (κ3) is 5.03. The van der Waals surface area contributed by atoms with E-state index in [4.69, 9.17) is 28.9 Å². The Morgan fingerprint density at radius 2 is 1.81 bits per heavy atom. The molecule has 0 unspecified atom stereocenters. The van der Waals surface area contributed by atoms with E-state index in [-0.39, 0.29) is 0 Å². The normalized spacial score (nSPS) is 16.4. The summed E-state index contributed by atoms with van der Waals surface area (Å²) in [4.78, 5) is 6.74. The van der Waals surface area contributed by atoms with Crippen molar-refractivity contribution >= 4 is 46.5 Å². The molecule has 26 heavy (non-hydrogen) atoms. The van der Waals surface area contributed by atoms with Crippen LogP contribution >= 0.6 is 23.2 Å². The number of aliphatic imine (C=N–C) groups is 1. The maximum atomic E-state index is 6.47. The zero-order chi connectivity index (χ0) is 18.5. The first-order chi connectivity index (χ1) is 12.5. The first-order valence-electron chi connectivity index (χ1n) is 8.83. The van der Waals surface area contributed by atoms with Gasteiger partial charge in [-0.2, -0.15) is 0 Å². The van der Waals surface area contributed by atoms with E-state index in [2.05, 4.69) is 22.9 Å². The Morgan fingerprint density at radius 1 is 1.12 bits per heavy atom. The van der Waals surface area contributed by atoms with Crippen molar-refractivity contribution in [2.45, 2.75) is 19.8 Å². The van der Waals surface area contributed by atoms with Crippen molar-refractivity contribution in [1.29, 1.82) is 0 Å². The van der Waals surface area contributed by atoms with E-state index >= 15 is 0 Å². The summed E-state index contributed by atoms with van der Waals surface area (Å²) in [5, 5.41) is 1.39. The van der Waals surface area contributed by atoms with E-state index in [1.54, 1.807) is 18.2 Å². The van der Waals surface area contributed by atoms with Crippen LogP contribution in [0, 0.1) is 5.92 Å². The number of piperidine rings is 1. The molecule has 136 valence electrons. The molecule has 5 heteroatoms. The number of benzene rings is 2. The van der Waals surface area contributed by atoms with Crippen molar-refractivity contribution in [2.75, 3.05) is 18.0 Å². The SMILES string of the molecule is CC1CCN(c2ccc(/C=C/C(N)=Nc3ccc(Cl)cc3)c(Cl)c2)CC1. The summed E-state index contributed by atoms with van der Waals surface area (Å²) < 4.78 is 0. The van der Waals surface area contributed by atoms with Crippen LogP contribution in [-0.4, -0.2) is 18.9 Å². The monoisotopic (exact) mass is 387 g/mol. The Kier molecular flexibility index (Phi) is 6.23. The highest BCUT2D eigenvalue weighted by atomic mass is 35.5. The van der Waals surface area contributed by atoms with Gasteiger partial charge in [0.05, 0.1) is 5.69 Å². The number of nitrogens with two attached hydrogens (primary N) is 1. The number of nitrogens with zero attached hydrogens (tertiary/aromatic N) is 2. The second-order valence-corrected chi connectivity index (χ2v) is 7.57. The third-order valence-corrected chi connectivity index (χ3v) is 5.23. The minimum atomic E-state index is 0.414. The van der Waals surface area contributed by atoms with Gasteiger partial charge in [-0.3, -0.25) is 0 Å². The van der Waals surface area contributed by atoms with Crippen LogP contribution in [0.4, 0.5) is 11.4 Å². The van der Waals surface area contributed by atoms with Crippen LogP contribution in [0.5, 0.6) is 0 Å². The molecule has 0 bridgehead atoms. The molecule has 1 aliphatic rings. The maximum absolute atomic E-state index is 6.47. The fourth-order valence-corrected chi connectivity index (χ4v) is 3.36. The van der Waals surface area contributed by atoms with E-state index in [1.807, 2.05) is 30.3 Å². The highest BCUT2D eigenvalue weighted by Crippen LogP contribution is 2.28. The zero-order valence-corrected chi connectivity index (χ0v) is 16.3. The molecule has 0 spiro atoms. The lowest BCUT2D eigenvalue weighted by atomic mass is 9.98. The molecule has 0 amide bonds. The smallest absolute Gasteiger partial charge is 0.124 e. The Morgan fingerprint density at radius 3 is 2.46 bits per heavy atom. The summed E-state index contributed by atoms with van der Waals surface area (Å²) in [5.74, 6) is 1.23. The molecule has 0 aromatic heterocycles. The van der Waals surface area contributed by atoms with Gasteiger partial charge >= 0.3 is 0 Å². The zero-order valence-electron chi connectivity index (χ0n) is 14.8. The third-order valence-electron chi connectivity index (χ3n) is 4.65. The lowest BCUT2D eigenvalue weighted by Gasteiger charge is -2.32. The molecule has 0 saturated carbocycles. The molecule has 0 radical (unpaired) electrons. The standard InChI is InChI=1S/C21H23Cl2N3/c1-15-10-12-26(13-11-15)19-8-2-16(20(23)14-19)3-9-21(24)25-18-6-4-17(22)5-7-18/h2-9,14-15H,10-13H2,1H3,(H2,24,25)/b9-3+. The van der Waals surface area contributed by atoms with Gasteiger partial charge in [0.2, 0.25) is 0 Å². The topological polar surface area (TPSA) is 41.6 Å². The van der Waals surface area contributed by atoms with Crippen LogP contribution in [0.3, 0.4) is 0 Å². The average molecular weight is 388 g/mol. The van der Waals surface area contributed by atoms with Gasteiger partial charge in [0.25, 0.3) is 0 Å². The van der Waals surface area contributed by atoms with Crippen molar-refractivity contribution in [3.63, 3.8) is 0 Å². The van der Waals surface area contributed by atoms with Gasteiger partial charge < -0.3 is 10.6 Å². The van der Waals surface area contributed by atoms with Gasteiger partial charge in [0.15, 0.2) is 0 Å². The van der Waals surface area contributed by atoms with Crippen molar-refractivity contribution in [3.05, 3.63) is 64.1 Å². The molecule has 1 aliphatic heterocycles. The predicted molar refractivity (Wildman–Crippen MR) is 114 cm³/mol. The summed E-state index contributed by atoms with van der Waals surface area (Å²) in [6.45, 7) is 4.50. The number of anilines is 1. The molecular weight excluding hydrogens is 365 g/mol. The minimum Gasteiger partial charge on any atom is -0.384 e. The molecule has 1 fully saturated rings. The molecule has 0 aliphatic carbocycles. The van der Waals surface area contributed by atoms with Gasteiger partial charge in [0, 0.05) is 28.8 Å². The highest BCUT2D eigenvalue weighted by molar-refractivity contribution is 6.32. The van der Waals surface area contributed by atoms with Crippen molar-refractivity contribution < 1.29 is 0 Å². The Balaban J connectivity index is 1.69. The lowest BCUT2D eigenvalue weighted by Crippen LogP contribution is -2.32. The number of hydrogen-bond acceptors (Lipinski definition) is 2. The van der Waals surface area contributed by atoms with Crippen LogP contribution in [0.25, 0.3) is 6.08 Å². The van der Waals surface area contributed by atoms with Crippen LogP contribution in [0.2, 0.25) is 10.0 Å². The molecule has 1 heterocycles. The lowest BCUT2D eigenvalue weighted by molar-refractivity contribution is 0.438. The number of halogens is 2. The van der Waals surface area contributed by atoms with Crippen molar-refractivity contribution in [1.82, 2.24) is 0 Å². The average Bonchev–Trinajstić information content (AvgIpc) is 2.63. The molecular formula is C21H23Cl2N3. The Hall–Kier alpha value is -1.97. The number of hydrogen-bond donors (Lipinski definition) is 1.